The summed E-state index contributed by atoms with van der Waals surface area (Å²) in [6.45, 7) is 7.66. The van der Waals surface area contributed by atoms with E-state index in [0.29, 0.717) is 24.3 Å². The van der Waals surface area contributed by atoms with Crippen LogP contribution in [-0.4, -0.2) is 25.2 Å². The number of amides is 1. The van der Waals surface area contributed by atoms with Crippen LogP contribution in [0.1, 0.15) is 45.6 Å². The normalized spacial score (nSPS) is 24.6. The van der Waals surface area contributed by atoms with E-state index in [1.165, 1.54) is 18.4 Å². The van der Waals surface area contributed by atoms with Crippen LogP contribution in [0, 0.1) is 17.8 Å². The summed E-state index contributed by atoms with van der Waals surface area (Å²) in [5.74, 6) is 1.91. The van der Waals surface area contributed by atoms with Crippen molar-refractivity contribution in [3.05, 3.63) is 35.9 Å². The fourth-order valence-electron chi connectivity index (χ4n) is 3.53. The van der Waals surface area contributed by atoms with Crippen LogP contribution in [0.15, 0.2) is 30.3 Å². The molecule has 1 aliphatic rings. The molecule has 0 aromatic heterocycles. The van der Waals surface area contributed by atoms with Crippen molar-refractivity contribution in [3.63, 3.8) is 0 Å². The van der Waals surface area contributed by atoms with Crippen LogP contribution < -0.4 is 5.32 Å². The standard InChI is InChI=1S/C20H31NO2/c1-15(2)18-10-9-16(3)13-19(18)23-14-20(22)21-12-11-17-7-5-4-6-8-17/h4-8,15-16,18-19H,9-14H2,1-3H3,(H,21,22)/t16-,18+,19-/m0/s1. The molecule has 1 amide bonds. The topological polar surface area (TPSA) is 38.3 Å². The highest BCUT2D eigenvalue weighted by Crippen LogP contribution is 2.35. The summed E-state index contributed by atoms with van der Waals surface area (Å²) in [6.07, 6.45) is 4.69. The molecule has 128 valence electrons. The zero-order chi connectivity index (χ0) is 16.7. The molecule has 0 bridgehead atoms. The van der Waals surface area contributed by atoms with Gasteiger partial charge in [-0.05, 0) is 42.6 Å². The molecule has 3 heteroatoms. The Hall–Kier alpha value is -1.35. The first-order valence-electron chi connectivity index (χ1n) is 8.98. The SMILES string of the molecule is CC(C)[C@H]1CC[C@H](C)C[C@@H]1OCC(=O)NCCc1ccccc1. The maximum Gasteiger partial charge on any atom is 0.246 e. The maximum absolute atomic E-state index is 12.0. The molecule has 23 heavy (non-hydrogen) atoms. The highest BCUT2D eigenvalue weighted by Gasteiger charge is 2.31. The predicted octanol–water partition coefficient (Wildman–Crippen LogP) is 3.82. The van der Waals surface area contributed by atoms with Gasteiger partial charge >= 0.3 is 0 Å². The van der Waals surface area contributed by atoms with Crippen LogP contribution in [0.3, 0.4) is 0 Å². The molecule has 0 heterocycles. The van der Waals surface area contributed by atoms with Gasteiger partial charge in [0, 0.05) is 6.54 Å². The van der Waals surface area contributed by atoms with E-state index in [1.54, 1.807) is 0 Å². The Balaban J connectivity index is 1.70. The smallest absolute Gasteiger partial charge is 0.246 e. The molecule has 1 aromatic carbocycles. The minimum absolute atomic E-state index is 0.00154. The summed E-state index contributed by atoms with van der Waals surface area (Å²) in [5, 5.41) is 2.96. The number of hydrogen-bond acceptors (Lipinski definition) is 2. The number of rotatable bonds is 7. The van der Waals surface area contributed by atoms with E-state index < -0.39 is 0 Å². The number of benzene rings is 1. The first-order valence-corrected chi connectivity index (χ1v) is 8.98. The summed E-state index contributed by atoms with van der Waals surface area (Å²) in [4.78, 5) is 12.0. The number of ether oxygens (including phenoxy) is 1. The van der Waals surface area contributed by atoms with Crippen molar-refractivity contribution in [2.45, 2.75) is 52.6 Å². The monoisotopic (exact) mass is 317 g/mol. The molecule has 1 saturated carbocycles. The number of carbonyl (C=O) groups is 1. The van der Waals surface area contributed by atoms with Gasteiger partial charge < -0.3 is 10.1 Å². The second kappa shape index (κ2) is 9.07. The van der Waals surface area contributed by atoms with Gasteiger partial charge in [-0.25, -0.2) is 0 Å². The molecule has 1 aliphatic carbocycles. The molecule has 2 rings (SSSR count). The van der Waals surface area contributed by atoms with Crippen LogP contribution >= 0.6 is 0 Å². The van der Waals surface area contributed by atoms with Gasteiger partial charge in [0.1, 0.15) is 6.61 Å². The third-order valence-corrected chi connectivity index (χ3v) is 4.97. The summed E-state index contributed by atoms with van der Waals surface area (Å²) in [7, 11) is 0. The van der Waals surface area contributed by atoms with Gasteiger partial charge in [0.25, 0.3) is 0 Å². The second-order valence-corrected chi connectivity index (χ2v) is 7.26. The van der Waals surface area contributed by atoms with Gasteiger partial charge in [-0.2, -0.15) is 0 Å². The van der Waals surface area contributed by atoms with Crippen molar-refractivity contribution in [2.75, 3.05) is 13.2 Å². The first-order chi connectivity index (χ1) is 11.1. The Morgan fingerprint density at radius 3 is 2.70 bits per heavy atom. The van der Waals surface area contributed by atoms with E-state index in [0.717, 1.165) is 12.8 Å². The van der Waals surface area contributed by atoms with Crippen LogP contribution in [0.25, 0.3) is 0 Å². The average molecular weight is 317 g/mol. The van der Waals surface area contributed by atoms with Crippen LogP contribution in [-0.2, 0) is 16.0 Å². The number of nitrogens with one attached hydrogen (secondary N) is 1. The summed E-state index contributed by atoms with van der Waals surface area (Å²) < 4.78 is 5.98. The van der Waals surface area contributed by atoms with Crippen LogP contribution in [0.5, 0.6) is 0 Å². The largest absolute Gasteiger partial charge is 0.368 e. The average Bonchev–Trinajstić information content (AvgIpc) is 2.53. The van der Waals surface area contributed by atoms with Gasteiger partial charge in [-0.3, -0.25) is 4.79 Å². The van der Waals surface area contributed by atoms with E-state index in [-0.39, 0.29) is 18.6 Å². The Kier molecular flexibility index (Phi) is 7.10. The fraction of sp³-hybridized carbons (Fsp3) is 0.650. The summed E-state index contributed by atoms with van der Waals surface area (Å²) in [6, 6.07) is 10.2. The Bertz CT molecular complexity index is 472. The Labute approximate surface area is 140 Å². The van der Waals surface area contributed by atoms with E-state index in [1.807, 2.05) is 18.2 Å². The minimum Gasteiger partial charge on any atom is -0.368 e. The minimum atomic E-state index is 0.00154. The zero-order valence-corrected chi connectivity index (χ0v) is 14.8. The lowest BCUT2D eigenvalue weighted by atomic mass is 9.75. The van der Waals surface area contributed by atoms with Gasteiger partial charge in [0.05, 0.1) is 6.10 Å². The molecule has 0 spiro atoms. The summed E-state index contributed by atoms with van der Waals surface area (Å²) >= 11 is 0. The van der Waals surface area contributed by atoms with E-state index >= 15 is 0 Å². The molecule has 1 fully saturated rings. The van der Waals surface area contributed by atoms with Gasteiger partial charge in [0.2, 0.25) is 5.91 Å². The Morgan fingerprint density at radius 1 is 1.26 bits per heavy atom. The summed E-state index contributed by atoms with van der Waals surface area (Å²) in [5.41, 5.74) is 1.25. The molecule has 0 saturated heterocycles. The van der Waals surface area contributed by atoms with E-state index in [4.69, 9.17) is 4.74 Å². The fourth-order valence-corrected chi connectivity index (χ4v) is 3.53. The van der Waals surface area contributed by atoms with Crippen molar-refractivity contribution >= 4 is 5.91 Å². The van der Waals surface area contributed by atoms with Gasteiger partial charge in [-0.1, -0.05) is 57.5 Å². The lowest BCUT2D eigenvalue weighted by Crippen LogP contribution is -2.38. The number of hydrogen-bond donors (Lipinski definition) is 1. The van der Waals surface area contributed by atoms with E-state index in [2.05, 4.69) is 38.2 Å². The van der Waals surface area contributed by atoms with Gasteiger partial charge in [0.15, 0.2) is 0 Å². The lowest BCUT2D eigenvalue weighted by molar-refractivity contribution is -0.131. The second-order valence-electron chi connectivity index (χ2n) is 7.26. The first kappa shape index (κ1) is 18.0. The van der Waals surface area contributed by atoms with Crippen molar-refractivity contribution in [3.8, 4) is 0 Å². The Morgan fingerprint density at radius 2 is 2.00 bits per heavy atom. The maximum atomic E-state index is 12.0. The highest BCUT2D eigenvalue weighted by atomic mass is 16.5. The third-order valence-electron chi connectivity index (χ3n) is 4.97. The molecule has 0 radical (unpaired) electrons. The molecule has 3 nitrogen and oxygen atoms in total. The zero-order valence-electron chi connectivity index (χ0n) is 14.8. The molecule has 0 unspecified atom stereocenters. The van der Waals surface area contributed by atoms with Crippen LogP contribution in [0.2, 0.25) is 0 Å². The van der Waals surface area contributed by atoms with Gasteiger partial charge in [-0.15, -0.1) is 0 Å². The molecule has 1 aromatic rings. The van der Waals surface area contributed by atoms with Crippen molar-refractivity contribution in [1.82, 2.24) is 5.32 Å². The van der Waals surface area contributed by atoms with Crippen molar-refractivity contribution in [1.29, 1.82) is 0 Å². The van der Waals surface area contributed by atoms with Crippen LogP contribution in [0.4, 0.5) is 0 Å². The quantitative estimate of drug-likeness (QED) is 0.830. The molecule has 1 N–H and O–H groups in total. The third kappa shape index (κ3) is 5.98. The number of carbonyl (C=O) groups excluding carboxylic acids is 1. The molecular formula is C20H31NO2. The van der Waals surface area contributed by atoms with E-state index in [9.17, 15) is 4.79 Å². The van der Waals surface area contributed by atoms with Crippen molar-refractivity contribution < 1.29 is 9.53 Å². The lowest BCUT2D eigenvalue weighted by Gasteiger charge is -2.37. The highest BCUT2D eigenvalue weighted by molar-refractivity contribution is 5.77. The van der Waals surface area contributed by atoms with Crippen molar-refractivity contribution in [2.24, 2.45) is 17.8 Å². The molecule has 0 aliphatic heterocycles. The predicted molar refractivity (Wildman–Crippen MR) is 94.2 cm³/mol. The molecular weight excluding hydrogens is 286 g/mol. The molecule has 3 atom stereocenters.